The van der Waals surface area contributed by atoms with Crippen LogP contribution in [0.15, 0.2) is 29.1 Å². The molecule has 1 saturated carbocycles. The number of para-hydroxylation sites is 1. The van der Waals surface area contributed by atoms with Crippen LogP contribution in [0.3, 0.4) is 0 Å². The number of halogens is 1. The number of aryl methyl sites for hydroxylation is 1. The predicted octanol–water partition coefficient (Wildman–Crippen LogP) is 1.52. The Labute approximate surface area is 146 Å². The third kappa shape index (κ3) is 4.79. The lowest BCUT2D eigenvalue weighted by Gasteiger charge is -2.11. The van der Waals surface area contributed by atoms with Crippen LogP contribution in [0.25, 0.3) is 10.9 Å². The molecule has 7 heteroatoms. The largest absolute Gasteiger partial charge is 0.355 e. The number of benzene rings is 1. The highest BCUT2D eigenvalue weighted by molar-refractivity contribution is 5.85. The van der Waals surface area contributed by atoms with Crippen LogP contribution < -0.4 is 16.6 Å². The summed E-state index contributed by atoms with van der Waals surface area (Å²) in [5, 5.41) is 3.46. The third-order valence-corrected chi connectivity index (χ3v) is 4.24. The summed E-state index contributed by atoms with van der Waals surface area (Å²) in [7, 11) is 0. The lowest BCUT2D eigenvalue weighted by molar-refractivity contribution is -0.121. The highest BCUT2D eigenvalue weighted by atomic mass is 35.5. The number of aromatic nitrogens is 2. The number of nitrogens with one attached hydrogen (secondary N) is 2. The zero-order valence-corrected chi connectivity index (χ0v) is 14.3. The van der Waals surface area contributed by atoms with Crippen molar-refractivity contribution in [2.24, 2.45) is 11.7 Å². The lowest BCUT2D eigenvalue weighted by Crippen LogP contribution is -2.38. The molecule has 130 valence electrons. The molecule has 0 radical (unpaired) electrons. The number of hydrogen-bond acceptors (Lipinski definition) is 4. The standard InChI is InChI=1S/C17H22N4O2.ClH/c18-13(11-8-9-11)10-19-16(22)7-3-6-15-20-14-5-2-1-4-12(14)17(23)21-15;/h1-2,4-5,11,13H,3,6-10,18H2,(H,19,22)(H,20,21,23);1H. The molecule has 3 rings (SSSR count). The van der Waals surface area contributed by atoms with Crippen LogP contribution >= 0.6 is 12.4 Å². The number of aromatic amines is 1. The SMILES string of the molecule is Cl.NC(CNC(=O)CCCc1nc2ccccc2c(=O)[nH]1)C1CC1. The van der Waals surface area contributed by atoms with E-state index in [4.69, 9.17) is 5.73 Å². The van der Waals surface area contributed by atoms with E-state index in [1.165, 1.54) is 12.8 Å². The first-order chi connectivity index (χ1) is 11.1. The molecule has 0 saturated heterocycles. The van der Waals surface area contributed by atoms with Gasteiger partial charge >= 0.3 is 0 Å². The van der Waals surface area contributed by atoms with Crippen molar-refractivity contribution in [3.63, 3.8) is 0 Å². The summed E-state index contributed by atoms with van der Waals surface area (Å²) in [4.78, 5) is 31.0. The second-order valence-electron chi connectivity index (χ2n) is 6.19. The van der Waals surface area contributed by atoms with Gasteiger partial charge in [-0.3, -0.25) is 9.59 Å². The quantitative estimate of drug-likeness (QED) is 0.704. The van der Waals surface area contributed by atoms with Gasteiger partial charge in [0.05, 0.1) is 10.9 Å². The number of nitrogens with two attached hydrogens (primary N) is 1. The fourth-order valence-corrected chi connectivity index (χ4v) is 2.68. The van der Waals surface area contributed by atoms with Gasteiger partial charge in [0.25, 0.3) is 5.56 Å². The van der Waals surface area contributed by atoms with Gasteiger partial charge in [0.2, 0.25) is 5.91 Å². The average molecular weight is 351 g/mol. The molecule has 1 unspecified atom stereocenters. The topological polar surface area (TPSA) is 101 Å². The van der Waals surface area contributed by atoms with Gasteiger partial charge in [-0.2, -0.15) is 0 Å². The molecule has 0 aliphatic heterocycles. The van der Waals surface area contributed by atoms with Crippen molar-refractivity contribution in [3.8, 4) is 0 Å². The molecule has 0 spiro atoms. The molecule has 1 atom stereocenters. The first-order valence-corrected chi connectivity index (χ1v) is 8.13. The molecule has 2 aromatic rings. The number of rotatable bonds is 7. The molecule has 1 aromatic heterocycles. The summed E-state index contributed by atoms with van der Waals surface area (Å²) < 4.78 is 0. The Morgan fingerprint density at radius 3 is 2.88 bits per heavy atom. The summed E-state index contributed by atoms with van der Waals surface area (Å²) in [6.07, 6.45) is 3.98. The van der Waals surface area contributed by atoms with Crippen molar-refractivity contribution < 1.29 is 4.79 Å². The monoisotopic (exact) mass is 350 g/mol. The third-order valence-electron chi connectivity index (χ3n) is 4.24. The molecule has 1 aliphatic rings. The van der Waals surface area contributed by atoms with Crippen LogP contribution in [0, 0.1) is 5.92 Å². The van der Waals surface area contributed by atoms with Gasteiger partial charge < -0.3 is 16.0 Å². The maximum atomic E-state index is 12.0. The van der Waals surface area contributed by atoms with Gasteiger partial charge in [0.15, 0.2) is 0 Å². The molecule has 6 nitrogen and oxygen atoms in total. The maximum Gasteiger partial charge on any atom is 0.258 e. The highest BCUT2D eigenvalue weighted by Gasteiger charge is 2.28. The van der Waals surface area contributed by atoms with Crippen LogP contribution in [0.5, 0.6) is 0 Å². The Morgan fingerprint density at radius 2 is 2.12 bits per heavy atom. The molecule has 1 aliphatic carbocycles. The smallest absolute Gasteiger partial charge is 0.258 e. The maximum absolute atomic E-state index is 12.0. The molecule has 24 heavy (non-hydrogen) atoms. The molecule has 1 heterocycles. The molecule has 4 N–H and O–H groups in total. The van der Waals surface area contributed by atoms with E-state index in [9.17, 15) is 9.59 Å². The van der Waals surface area contributed by atoms with Gasteiger partial charge in [0.1, 0.15) is 5.82 Å². The highest BCUT2D eigenvalue weighted by Crippen LogP contribution is 2.31. The fraction of sp³-hybridized carbons (Fsp3) is 0.471. The summed E-state index contributed by atoms with van der Waals surface area (Å²) in [5.41, 5.74) is 6.50. The number of H-pyrrole nitrogens is 1. The van der Waals surface area contributed by atoms with Gasteiger partial charge in [-0.15, -0.1) is 12.4 Å². The van der Waals surface area contributed by atoms with Crippen LogP contribution in [-0.2, 0) is 11.2 Å². The zero-order chi connectivity index (χ0) is 16.2. The number of carbonyl (C=O) groups is 1. The van der Waals surface area contributed by atoms with Crippen molar-refractivity contribution in [1.29, 1.82) is 0 Å². The Morgan fingerprint density at radius 1 is 1.38 bits per heavy atom. The summed E-state index contributed by atoms with van der Waals surface area (Å²) in [6, 6.07) is 7.32. The van der Waals surface area contributed by atoms with Gasteiger partial charge in [-0.05, 0) is 37.3 Å². The molecular formula is C17H23ClN4O2. The Balaban J connectivity index is 0.00000208. The van der Waals surface area contributed by atoms with Crippen molar-refractivity contribution in [2.45, 2.75) is 38.1 Å². The second-order valence-corrected chi connectivity index (χ2v) is 6.19. The fourth-order valence-electron chi connectivity index (χ4n) is 2.68. The Kier molecular flexibility index (Phi) is 6.34. The minimum Gasteiger partial charge on any atom is -0.355 e. The van der Waals surface area contributed by atoms with Gasteiger partial charge in [-0.25, -0.2) is 4.98 Å². The molecule has 1 aromatic carbocycles. The molecular weight excluding hydrogens is 328 g/mol. The van der Waals surface area contributed by atoms with Crippen molar-refractivity contribution in [1.82, 2.24) is 15.3 Å². The predicted molar refractivity (Wildman–Crippen MR) is 96.3 cm³/mol. The Bertz CT molecular complexity index is 758. The van der Waals surface area contributed by atoms with Crippen molar-refractivity contribution in [2.75, 3.05) is 6.54 Å². The van der Waals surface area contributed by atoms with Crippen molar-refractivity contribution in [3.05, 3.63) is 40.4 Å². The van der Waals surface area contributed by atoms with E-state index in [2.05, 4.69) is 15.3 Å². The number of amides is 1. The van der Waals surface area contributed by atoms with Gasteiger partial charge in [-0.1, -0.05) is 12.1 Å². The van der Waals surface area contributed by atoms with Gasteiger partial charge in [0, 0.05) is 25.4 Å². The van der Waals surface area contributed by atoms with E-state index in [-0.39, 0.29) is 29.9 Å². The molecule has 0 bridgehead atoms. The van der Waals surface area contributed by atoms with E-state index in [0.29, 0.717) is 48.5 Å². The number of fused-ring (bicyclic) bond motifs is 1. The minimum absolute atomic E-state index is 0. The van der Waals surface area contributed by atoms with E-state index in [1.807, 2.05) is 18.2 Å². The normalized spacial score (nSPS) is 14.9. The zero-order valence-electron chi connectivity index (χ0n) is 13.5. The number of carbonyl (C=O) groups excluding carboxylic acids is 1. The van der Waals surface area contributed by atoms with E-state index in [1.54, 1.807) is 6.07 Å². The van der Waals surface area contributed by atoms with Crippen molar-refractivity contribution >= 4 is 29.2 Å². The summed E-state index contributed by atoms with van der Waals surface area (Å²) in [6.45, 7) is 0.550. The van der Waals surface area contributed by atoms with E-state index < -0.39 is 0 Å². The number of hydrogen-bond donors (Lipinski definition) is 3. The second kappa shape index (κ2) is 8.26. The van der Waals surface area contributed by atoms with Crippen LogP contribution in [0.1, 0.15) is 31.5 Å². The average Bonchev–Trinajstić information content (AvgIpc) is 3.38. The Hall–Kier alpha value is -1.92. The van der Waals surface area contributed by atoms with Crippen LogP contribution in [0.4, 0.5) is 0 Å². The molecule has 1 amide bonds. The van der Waals surface area contributed by atoms with Crippen LogP contribution in [-0.4, -0.2) is 28.5 Å². The first-order valence-electron chi connectivity index (χ1n) is 8.13. The lowest BCUT2D eigenvalue weighted by atomic mass is 10.2. The summed E-state index contributed by atoms with van der Waals surface area (Å²) >= 11 is 0. The van der Waals surface area contributed by atoms with E-state index in [0.717, 1.165) is 0 Å². The summed E-state index contributed by atoms with van der Waals surface area (Å²) in [5.74, 6) is 1.21. The molecule has 1 fully saturated rings. The minimum atomic E-state index is -0.134. The van der Waals surface area contributed by atoms with Crippen LogP contribution in [0.2, 0.25) is 0 Å². The number of nitrogens with zero attached hydrogens (tertiary/aromatic N) is 1. The van der Waals surface area contributed by atoms with E-state index >= 15 is 0 Å². The first kappa shape index (κ1) is 18.4.